The molecule has 4 rings (SSSR count). The third kappa shape index (κ3) is 4.24. The van der Waals surface area contributed by atoms with Gasteiger partial charge in [0.2, 0.25) is 0 Å². The van der Waals surface area contributed by atoms with Crippen LogP contribution in [0.3, 0.4) is 0 Å². The van der Waals surface area contributed by atoms with Gasteiger partial charge < -0.3 is 10.6 Å². The van der Waals surface area contributed by atoms with E-state index in [4.69, 9.17) is 0 Å². The lowest BCUT2D eigenvalue weighted by atomic mass is 10.1. The van der Waals surface area contributed by atoms with E-state index in [-0.39, 0.29) is 5.91 Å². The first-order chi connectivity index (χ1) is 13.8. The highest BCUT2D eigenvalue weighted by atomic mass is 16.1. The van der Waals surface area contributed by atoms with Crippen molar-refractivity contribution in [2.24, 2.45) is 0 Å². The summed E-state index contributed by atoms with van der Waals surface area (Å²) in [4.78, 5) is 16.8. The quantitative estimate of drug-likeness (QED) is 0.531. The minimum atomic E-state index is -0.215. The Morgan fingerprint density at radius 2 is 1.64 bits per heavy atom. The molecule has 138 valence electrons. The Bertz CT molecular complexity index is 1060. The van der Waals surface area contributed by atoms with E-state index in [1.54, 1.807) is 29.2 Å². The van der Waals surface area contributed by atoms with E-state index in [0.29, 0.717) is 17.9 Å². The number of carbonyl (C=O) groups is 1. The van der Waals surface area contributed by atoms with Crippen LogP contribution in [0.25, 0.3) is 0 Å². The molecule has 0 fully saturated rings. The number of amides is 1. The van der Waals surface area contributed by atoms with Crippen LogP contribution in [0.2, 0.25) is 0 Å². The minimum absolute atomic E-state index is 0.215. The molecule has 4 aromatic rings. The predicted octanol–water partition coefficient (Wildman–Crippen LogP) is 4.32. The molecular weight excluding hydrogens is 350 g/mol. The third-order valence-corrected chi connectivity index (χ3v) is 4.20. The number of nitrogens with zero attached hydrogens (tertiary/aromatic N) is 3. The molecule has 0 unspecified atom stereocenters. The first-order valence-electron chi connectivity index (χ1n) is 8.93. The number of hydrogen-bond acceptors (Lipinski definition) is 4. The lowest BCUT2D eigenvalue weighted by Gasteiger charge is -2.11. The zero-order valence-electron chi connectivity index (χ0n) is 15.1. The Balaban J connectivity index is 1.47. The van der Waals surface area contributed by atoms with Crippen LogP contribution in [0.4, 0.5) is 17.2 Å². The molecular formula is C22H19N5O. The van der Waals surface area contributed by atoms with E-state index in [1.165, 1.54) is 0 Å². The van der Waals surface area contributed by atoms with Crippen molar-refractivity contribution in [2.75, 3.05) is 10.6 Å². The molecule has 0 aliphatic rings. The summed E-state index contributed by atoms with van der Waals surface area (Å²) in [5, 5.41) is 10.6. The van der Waals surface area contributed by atoms with Crippen molar-refractivity contribution >= 4 is 23.1 Å². The van der Waals surface area contributed by atoms with Crippen molar-refractivity contribution in [1.29, 1.82) is 0 Å². The molecule has 0 atom stereocenters. The number of carbonyl (C=O) groups excluding carboxylic acids is 1. The van der Waals surface area contributed by atoms with E-state index < -0.39 is 0 Å². The van der Waals surface area contributed by atoms with Gasteiger partial charge in [0.25, 0.3) is 5.91 Å². The molecule has 6 heteroatoms. The number of para-hydroxylation sites is 2. The highest BCUT2D eigenvalue weighted by Crippen LogP contribution is 2.21. The standard InChI is InChI=1S/C22H19N5O/c28-22(19-8-4-5-9-20(19)24-18-6-2-1-3-7-18)25-21-12-15-27(26-21)16-17-10-13-23-14-11-17/h1-15,24H,16H2,(H,25,26,28). The number of nitrogens with one attached hydrogen (secondary N) is 2. The second-order valence-corrected chi connectivity index (χ2v) is 6.24. The average Bonchev–Trinajstić information content (AvgIpc) is 3.16. The van der Waals surface area contributed by atoms with Gasteiger partial charge in [-0.3, -0.25) is 14.5 Å². The Hall–Kier alpha value is -3.93. The molecule has 0 saturated heterocycles. The number of rotatable bonds is 6. The van der Waals surface area contributed by atoms with Gasteiger partial charge in [-0.1, -0.05) is 30.3 Å². The van der Waals surface area contributed by atoms with Gasteiger partial charge in [0.05, 0.1) is 17.8 Å². The molecule has 1 amide bonds. The minimum Gasteiger partial charge on any atom is -0.355 e. The Morgan fingerprint density at radius 3 is 2.46 bits per heavy atom. The van der Waals surface area contributed by atoms with Gasteiger partial charge in [0.15, 0.2) is 5.82 Å². The Kier molecular flexibility index (Phi) is 5.11. The fraction of sp³-hybridized carbons (Fsp3) is 0.0455. The van der Waals surface area contributed by atoms with Gasteiger partial charge in [-0.25, -0.2) is 0 Å². The molecule has 6 nitrogen and oxygen atoms in total. The van der Waals surface area contributed by atoms with Crippen LogP contribution in [-0.4, -0.2) is 20.7 Å². The molecule has 2 aromatic carbocycles. The van der Waals surface area contributed by atoms with Crippen LogP contribution in [0, 0.1) is 0 Å². The summed E-state index contributed by atoms with van der Waals surface area (Å²) in [7, 11) is 0. The maximum atomic E-state index is 12.8. The van der Waals surface area contributed by atoms with Gasteiger partial charge in [-0.15, -0.1) is 0 Å². The fourth-order valence-electron chi connectivity index (χ4n) is 2.84. The third-order valence-electron chi connectivity index (χ3n) is 4.20. The zero-order valence-corrected chi connectivity index (χ0v) is 15.1. The first-order valence-corrected chi connectivity index (χ1v) is 8.93. The topological polar surface area (TPSA) is 71.8 Å². The number of benzene rings is 2. The van der Waals surface area contributed by atoms with Crippen molar-refractivity contribution in [3.8, 4) is 0 Å². The summed E-state index contributed by atoms with van der Waals surface area (Å²) in [6.45, 7) is 0.616. The lowest BCUT2D eigenvalue weighted by Crippen LogP contribution is -2.14. The van der Waals surface area contributed by atoms with Gasteiger partial charge in [-0.2, -0.15) is 5.10 Å². The molecule has 0 spiro atoms. The summed E-state index contributed by atoms with van der Waals surface area (Å²) >= 11 is 0. The zero-order chi connectivity index (χ0) is 19.2. The summed E-state index contributed by atoms with van der Waals surface area (Å²) in [6.07, 6.45) is 5.33. The van der Waals surface area contributed by atoms with Crippen molar-refractivity contribution in [3.63, 3.8) is 0 Å². The molecule has 2 heterocycles. The molecule has 0 radical (unpaired) electrons. The van der Waals surface area contributed by atoms with Gasteiger partial charge in [-0.05, 0) is 42.0 Å². The van der Waals surface area contributed by atoms with Crippen molar-refractivity contribution < 1.29 is 4.79 Å². The van der Waals surface area contributed by atoms with Crippen LogP contribution < -0.4 is 10.6 Å². The van der Waals surface area contributed by atoms with Crippen molar-refractivity contribution in [2.45, 2.75) is 6.54 Å². The molecule has 0 bridgehead atoms. The van der Waals surface area contributed by atoms with E-state index in [2.05, 4.69) is 20.7 Å². The van der Waals surface area contributed by atoms with Gasteiger partial charge >= 0.3 is 0 Å². The van der Waals surface area contributed by atoms with E-state index in [9.17, 15) is 4.79 Å². The average molecular weight is 369 g/mol. The van der Waals surface area contributed by atoms with Gasteiger partial charge in [0, 0.05) is 30.3 Å². The van der Waals surface area contributed by atoms with E-state index >= 15 is 0 Å². The molecule has 28 heavy (non-hydrogen) atoms. The number of hydrogen-bond donors (Lipinski definition) is 2. The second-order valence-electron chi connectivity index (χ2n) is 6.24. The summed E-state index contributed by atoms with van der Waals surface area (Å²) in [5.74, 6) is 0.293. The molecule has 0 aliphatic heterocycles. The maximum absolute atomic E-state index is 12.8. The number of anilines is 3. The molecule has 2 N–H and O–H groups in total. The van der Waals surface area contributed by atoms with Crippen molar-refractivity contribution in [1.82, 2.24) is 14.8 Å². The lowest BCUT2D eigenvalue weighted by molar-refractivity contribution is 0.102. The maximum Gasteiger partial charge on any atom is 0.258 e. The highest BCUT2D eigenvalue weighted by molar-refractivity contribution is 6.08. The smallest absolute Gasteiger partial charge is 0.258 e. The van der Waals surface area contributed by atoms with Crippen LogP contribution in [0.1, 0.15) is 15.9 Å². The monoisotopic (exact) mass is 369 g/mol. The molecule has 2 aromatic heterocycles. The summed E-state index contributed by atoms with van der Waals surface area (Å²) < 4.78 is 1.78. The largest absolute Gasteiger partial charge is 0.355 e. The van der Waals surface area contributed by atoms with Gasteiger partial charge in [0.1, 0.15) is 0 Å². The van der Waals surface area contributed by atoms with Crippen molar-refractivity contribution in [3.05, 3.63) is 103 Å². The van der Waals surface area contributed by atoms with E-state index in [1.807, 2.05) is 66.9 Å². The normalized spacial score (nSPS) is 10.4. The Morgan fingerprint density at radius 1 is 0.893 bits per heavy atom. The SMILES string of the molecule is O=C(Nc1ccn(Cc2ccncc2)n1)c1ccccc1Nc1ccccc1. The summed E-state index contributed by atoms with van der Waals surface area (Å²) in [6, 6.07) is 22.8. The van der Waals surface area contributed by atoms with Crippen LogP contribution in [0.5, 0.6) is 0 Å². The summed E-state index contributed by atoms with van der Waals surface area (Å²) in [5.41, 5.74) is 3.30. The van der Waals surface area contributed by atoms with Crippen LogP contribution >= 0.6 is 0 Å². The fourth-order valence-corrected chi connectivity index (χ4v) is 2.84. The van der Waals surface area contributed by atoms with Crippen LogP contribution in [0.15, 0.2) is 91.4 Å². The van der Waals surface area contributed by atoms with Crippen LogP contribution in [-0.2, 0) is 6.54 Å². The first kappa shape index (κ1) is 17.5. The molecule has 0 saturated carbocycles. The Labute approximate surface area is 162 Å². The highest BCUT2D eigenvalue weighted by Gasteiger charge is 2.13. The van der Waals surface area contributed by atoms with E-state index in [0.717, 1.165) is 16.9 Å². The second kappa shape index (κ2) is 8.18. The number of aromatic nitrogens is 3. The predicted molar refractivity (Wildman–Crippen MR) is 110 cm³/mol. The molecule has 0 aliphatic carbocycles. The number of pyridine rings is 1.